The molecule has 15 heavy (non-hydrogen) atoms. The third-order valence-electron chi connectivity index (χ3n) is 2.44. The fourth-order valence-corrected chi connectivity index (χ4v) is 1.61. The largest absolute Gasteiger partial charge is 0.472 e. The van der Waals surface area contributed by atoms with Crippen molar-refractivity contribution in [1.82, 2.24) is 5.43 Å². The molecule has 0 spiro atoms. The number of furan rings is 2. The molecule has 2 aromatic heterocycles. The molecule has 2 aromatic rings. The SMILES string of the molecule is Cc1ccoc1C(Cc1ccoc1)NN. The molecule has 0 aliphatic rings. The first kappa shape index (κ1) is 10.0. The van der Waals surface area contributed by atoms with Crippen LogP contribution in [0.25, 0.3) is 0 Å². The van der Waals surface area contributed by atoms with E-state index in [-0.39, 0.29) is 6.04 Å². The van der Waals surface area contributed by atoms with Gasteiger partial charge in [-0.2, -0.15) is 0 Å². The molecule has 80 valence electrons. The maximum absolute atomic E-state index is 5.51. The van der Waals surface area contributed by atoms with Crippen molar-refractivity contribution in [3.8, 4) is 0 Å². The molecule has 0 saturated heterocycles. The number of nitrogens with two attached hydrogens (primary N) is 1. The Morgan fingerprint density at radius 2 is 2.27 bits per heavy atom. The number of rotatable bonds is 4. The topological polar surface area (TPSA) is 64.3 Å². The quantitative estimate of drug-likeness (QED) is 0.592. The molecule has 0 saturated carbocycles. The van der Waals surface area contributed by atoms with Crippen LogP contribution in [0.3, 0.4) is 0 Å². The van der Waals surface area contributed by atoms with E-state index in [0.29, 0.717) is 0 Å². The van der Waals surface area contributed by atoms with Crippen LogP contribution in [0.15, 0.2) is 39.8 Å². The molecule has 0 aliphatic heterocycles. The zero-order valence-electron chi connectivity index (χ0n) is 8.57. The Morgan fingerprint density at radius 3 is 2.80 bits per heavy atom. The van der Waals surface area contributed by atoms with Crippen LogP contribution in [0, 0.1) is 6.92 Å². The highest BCUT2D eigenvalue weighted by molar-refractivity contribution is 5.20. The van der Waals surface area contributed by atoms with Gasteiger partial charge < -0.3 is 8.83 Å². The Labute approximate surface area is 88.0 Å². The van der Waals surface area contributed by atoms with Gasteiger partial charge in [-0.05, 0) is 36.6 Å². The second-order valence-electron chi connectivity index (χ2n) is 3.52. The molecule has 4 heteroatoms. The summed E-state index contributed by atoms with van der Waals surface area (Å²) in [6, 6.07) is 3.83. The molecule has 0 radical (unpaired) electrons. The van der Waals surface area contributed by atoms with Crippen molar-refractivity contribution in [2.45, 2.75) is 19.4 Å². The van der Waals surface area contributed by atoms with Crippen molar-refractivity contribution >= 4 is 0 Å². The Kier molecular flexibility index (Phi) is 2.89. The lowest BCUT2D eigenvalue weighted by atomic mass is 10.1. The van der Waals surface area contributed by atoms with Crippen LogP contribution >= 0.6 is 0 Å². The van der Waals surface area contributed by atoms with Gasteiger partial charge in [0.05, 0.1) is 24.8 Å². The van der Waals surface area contributed by atoms with E-state index < -0.39 is 0 Å². The molecule has 0 fully saturated rings. The highest BCUT2D eigenvalue weighted by atomic mass is 16.3. The molecule has 0 bridgehead atoms. The van der Waals surface area contributed by atoms with Gasteiger partial charge in [-0.1, -0.05) is 0 Å². The van der Waals surface area contributed by atoms with Gasteiger partial charge in [0.2, 0.25) is 0 Å². The zero-order chi connectivity index (χ0) is 10.7. The number of nitrogens with one attached hydrogen (secondary N) is 1. The smallest absolute Gasteiger partial charge is 0.125 e. The average Bonchev–Trinajstić information content (AvgIpc) is 2.85. The summed E-state index contributed by atoms with van der Waals surface area (Å²) in [6.07, 6.45) is 5.78. The van der Waals surface area contributed by atoms with Crippen molar-refractivity contribution < 1.29 is 8.83 Å². The number of hydrazine groups is 1. The molecule has 3 N–H and O–H groups in total. The molecular weight excluding hydrogens is 192 g/mol. The zero-order valence-corrected chi connectivity index (χ0v) is 8.57. The third kappa shape index (κ3) is 2.11. The van der Waals surface area contributed by atoms with E-state index in [9.17, 15) is 0 Å². The first-order valence-electron chi connectivity index (χ1n) is 4.82. The van der Waals surface area contributed by atoms with Crippen molar-refractivity contribution in [2.75, 3.05) is 0 Å². The highest BCUT2D eigenvalue weighted by Crippen LogP contribution is 2.21. The molecule has 1 atom stereocenters. The number of hydrogen-bond donors (Lipinski definition) is 2. The van der Waals surface area contributed by atoms with Gasteiger partial charge in [-0.25, -0.2) is 5.43 Å². The molecule has 2 heterocycles. The maximum Gasteiger partial charge on any atom is 0.125 e. The fraction of sp³-hybridized carbons (Fsp3) is 0.273. The summed E-state index contributed by atoms with van der Waals surface area (Å²) in [5, 5.41) is 0. The van der Waals surface area contributed by atoms with E-state index >= 15 is 0 Å². The minimum absolute atomic E-state index is 0.0161. The summed E-state index contributed by atoms with van der Waals surface area (Å²) in [4.78, 5) is 0. The fourth-order valence-electron chi connectivity index (χ4n) is 1.61. The van der Waals surface area contributed by atoms with Crippen LogP contribution in [0.1, 0.15) is 22.9 Å². The summed E-state index contributed by atoms with van der Waals surface area (Å²) in [6.45, 7) is 2.00. The predicted octanol–water partition coefficient (Wildman–Crippen LogP) is 1.93. The van der Waals surface area contributed by atoms with Gasteiger partial charge in [0.25, 0.3) is 0 Å². The van der Waals surface area contributed by atoms with E-state index in [4.69, 9.17) is 14.7 Å². The molecule has 0 amide bonds. The molecule has 0 aromatic carbocycles. The molecule has 2 rings (SSSR count). The maximum atomic E-state index is 5.51. The summed E-state index contributed by atoms with van der Waals surface area (Å²) in [5.74, 6) is 6.38. The van der Waals surface area contributed by atoms with Gasteiger partial charge in [-0.15, -0.1) is 0 Å². The predicted molar refractivity (Wildman–Crippen MR) is 55.9 cm³/mol. The Balaban J connectivity index is 2.15. The van der Waals surface area contributed by atoms with Gasteiger partial charge in [-0.3, -0.25) is 5.84 Å². The lowest BCUT2D eigenvalue weighted by Crippen LogP contribution is -2.29. The number of aryl methyl sites for hydroxylation is 1. The highest BCUT2D eigenvalue weighted by Gasteiger charge is 2.16. The van der Waals surface area contributed by atoms with Crippen LogP contribution in [0.4, 0.5) is 0 Å². The van der Waals surface area contributed by atoms with Crippen LogP contribution in [-0.4, -0.2) is 0 Å². The van der Waals surface area contributed by atoms with Crippen molar-refractivity contribution in [3.05, 3.63) is 47.8 Å². The average molecular weight is 206 g/mol. The van der Waals surface area contributed by atoms with E-state index in [1.54, 1.807) is 18.8 Å². The van der Waals surface area contributed by atoms with Crippen LogP contribution in [-0.2, 0) is 6.42 Å². The summed E-state index contributed by atoms with van der Waals surface area (Å²) in [5.41, 5.74) is 4.94. The van der Waals surface area contributed by atoms with Crippen molar-refractivity contribution in [1.29, 1.82) is 0 Å². The minimum atomic E-state index is -0.0161. The second-order valence-corrected chi connectivity index (χ2v) is 3.52. The van der Waals surface area contributed by atoms with Gasteiger partial charge in [0, 0.05) is 0 Å². The Bertz CT molecular complexity index is 406. The molecule has 4 nitrogen and oxygen atoms in total. The lowest BCUT2D eigenvalue weighted by molar-refractivity contribution is 0.412. The minimum Gasteiger partial charge on any atom is -0.472 e. The second kappa shape index (κ2) is 4.33. The van der Waals surface area contributed by atoms with Crippen molar-refractivity contribution in [3.63, 3.8) is 0 Å². The van der Waals surface area contributed by atoms with E-state index in [0.717, 1.165) is 23.3 Å². The summed E-state index contributed by atoms with van der Waals surface area (Å²) in [7, 11) is 0. The summed E-state index contributed by atoms with van der Waals surface area (Å²) < 4.78 is 10.4. The van der Waals surface area contributed by atoms with E-state index in [1.165, 1.54) is 0 Å². The van der Waals surface area contributed by atoms with E-state index in [2.05, 4.69) is 5.43 Å². The monoisotopic (exact) mass is 206 g/mol. The van der Waals surface area contributed by atoms with Gasteiger partial charge >= 0.3 is 0 Å². The van der Waals surface area contributed by atoms with Crippen LogP contribution in [0.2, 0.25) is 0 Å². The first-order valence-corrected chi connectivity index (χ1v) is 4.82. The standard InChI is InChI=1S/C11H14N2O2/c1-8-2-5-15-11(8)10(13-12)6-9-3-4-14-7-9/h2-5,7,10,13H,6,12H2,1H3. The van der Waals surface area contributed by atoms with Gasteiger partial charge in [0.15, 0.2) is 0 Å². The Hall–Kier alpha value is -1.52. The summed E-state index contributed by atoms with van der Waals surface area (Å²) >= 11 is 0. The molecule has 1 unspecified atom stereocenters. The molecule has 0 aliphatic carbocycles. The van der Waals surface area contributed by atoms with Crippen LogP contribution < -0.4 is 11.3 Å². The number of hydrogen-bond acceptors (Lipinski definition) is 4. The van der Waals surface area contributed by atoms with Crippen molar-refractivity contribution in [2.24, 2.45) is 5.84 Å². The first-order chi connectivity index (χ1) is 7.31. The lowest BCUT2D eigenvalue weighted by Gasteiger charge is -2.13. The Morgan fingerprint density at radius 1 is 1.40 bits per heavy atom. The van der Waals surface area contributed by atoms with Crippen LogP contribution in [0.5, 0.6) is 0 Å². The molecular formula is C11H14N2O2. The van der Waals surface area contributed by atoms with E-state index in [1.807, 2.05) is 19.1 Å². The third-order valence-corrected chi connectivity index (χ3v) is 2.44. The normalized spacial score (nSPS) is 12.9. The van der Waals surface area contributed by atoms with Gasteiger partial charge in [0.1, 0.15) is 5.76 Å².